The first-order valence-corrected chi connectivity index (χ1v) is 3.47. The van der Waals surface area contributed by atoms with Crippen LogP contribution in [0, 0.1) is 22.5 Å². The number of hydrogen-bond donors (Lipinski definition) is 1. The van der Waals surface area contributed by atoms with Gasteiger partial charge in [0, 0.05) is 5.56 Å². The average molecular weight is 159 g/mol. The van der Waals surface area contributed by atoms with E-state index in [1.54, 1.807) is 12.1 Å². The molecule has 0 aliphatic heterocycles. The summed E-state index contributed by atoms with van der Waals surface area (Å²) in [4.78, 5) is 0. The molecule has 0 aliphatic carbocycles. The van der Waals surface area contributed by atoms with Crippen molar-refractivity contribution in [1.29, 1.82) is 5.26 Å². The predicted molar refractivity (Wildman–Crippen MR) is 47.0 cm³/mol. The summed E-state index contributed by atoms with van der Waals surface area (Å²) in [5.74, 6) is 2.72. The van der Waals surface area contributed by atoms with E-state index >= 15 is 0 Å². The fourth-order valence-electron chi connectivity index (χ4n) is 0.750. The smallest absolute Gasteiger partial charge is 0.100 e. The summed E-state index contributed by atoms with van der Waals surface area (Å²) >= 11 is 3.75. The zero-order valence-electron chi connectivity index (χ0n) is 5.70. The highest BCUT2D eigenvalue weighted by Crippen LogP contribution is 2.04. The van der Waals surface area contributed by atoms with Crippen molar-refractivity contribution in [2.24, 2.45) is 0 Å². The molecule has 0 fully saturated rings. The van der Waals surface area contributed by atoms with Crippen LogP contribution < -0.4 is 0 Å². The van der Waals surface area contributed by atoms with E-state index in [0.29, 0.717) is 5.56 Å². The van der Waals surface area contributed by atoms with E-state index in [1.807, 2.05) is 18.2 Å². The van der Waals surface area contributed by atoms with E-state index in [1.165, 1.54) is 0 Å². The first-order valence-electron chi connectivity index (χ1n) is 3.02. The van der Waals surface area contributed by atoms with Crippen LogP contribution in [0.3, 0.4) is 0 Å². The van der Waals surface area contributed by atoms with E-state index in [2.05, 4.69) is 23.8 Å². The molecule has 11 heavy (non-hydrogen) atoms. The van der Waals surface area contributed by atoms with Crippen molar-refractivity contribution >= 4 is 12.6 Å². The Morgan fingerprint density at radius 1 is 1.18 bits per heavy atom. The second-order valence-corrected chi connectivity index (χ2v) is 2.12. The third kappa shape index (κ3) is 1.77. The molecule has 0 saturated heterocycles. The summed E-state index contributed by atoms with van der Waals surface area (Å²) in [6.07, 6.45) is 0. The number of hydrogen-bond acceptors (Lipinski definition) is 2. The monoisotopic (exact) mass is 159 g/mol. The van der Waals surface area contributed by atoms with Crippen molar-refractivity contribution in [2.45, 2.75) is 0 Å². The molecule has 0 saturated carbocycles. The Morgan fingerprint density at radius 2 is 1.82 bits per heavy atom. The molecule has 1 aromatic carbocycles. The highest BCUT2D eigenvalue weighted by molar-refractivity contribution is 7.85. The molecule has 0 N–H and O–H groups in total. The van der Waals surface area contributed by atoms with Crippen molar-refractivity contribution in [2.75, 3.05) is 0 Å². The highest BCUT2D eigenvalue weighted by Gasteiger charge is 1.94. The van der Waals surface area contributed by atoms with E-state index in [4.69, 9.17) is 5.26 Å². The Bertz CT molecular complexity index is 352. The minimum absolute atomic E-state index is 0.592. The van der Waals surface area contributed by atoms with Gasteiger partial charge in [0.25, 0.3) is 0 Å². The van der Waals surface area contributed by atoms with Gasteiger partial charge in [0.2, 0.25) is 0 Å². The SMILES string of the molecule is N#Cc1ccccc1C#CS. The molecule has 2 heteroatoms. The molecule has 1 nitrogen and oxygen atoms in total. The number of nitrogens with zero attached hydrogens (tertiary/aromatic N) is 1. The quantitative estimate of drug-likeness (QED) is 0.453. The minimum Gasteiger partial charge on any atom is -0.192 e. The summed E-state index contributed by atoms with van der Waals surface area (Å²) in [6.45, 7) is 0. The molecule has 52 valence electrons. The van der Waals surface area contributed by atoms with E-state index in [-0.39, 0.29) is 0 Å². The molecule has 1 rings (SSSR count). The molecular weight excluding hydrogens is 154 g/mol. The first-order chi connectivity index (χ1) is 5.38. The highest BCUT2D eigenvalue weighted by atomic mass is 32.1. The second kappa shape index (κ2) is 3.71. The number of benzene rings is 1. The number of thiol groups is 1. The van der Waals surface area contributed by atoms with Crippen molar-refractivity contribution in [3.05, 3.63) is 35.4 Å². The third-order valence-electron chi connectivity index (χ3n) is 1.24. The summed E-state index contributed by atoms with van der Waals surface area (Å²) in [5, 5.41) is 11.1. The van der Waals surface area contributed by atoms with Crippen LogP contribution in [0.2, 0.25) is 0 Å². The molecule has 0 bridgehead atoms. The van der Waals surface area contributed by atoms with E-state index < -0.39 is 0 Å². The van der Waals surface area contributed by atoms with Crippen LogP contribution in [0.15, 0.2) is 24.3 Å². The van der Waals surface area contributed by atoms with Crippen LogP contribution in [0.5, 0.6) is 0 Å². The normalized spacial score (nSPS) is 7.64. The maximum Gasteiger partial charge on any atom is 0.100 e. The Kier molecular flexibility index (Phi) is 2.60. The third-order valence-corrected chi connectivity index (χ3v) is 1.35. The molecule has 0 unspecified atom stereocenters. The van der Waals surface area contributed by atoms with Crippen LogP contribution in [-0.2, 0) is 0 Å². The fourth-order valence-corrected chi connectivity index (χ4v) is 0.870. The van der Waals surface area contributed by atoms with E-state index in [9.17, 15) is 0 Å². The lowest BCUT2D eigenvalue weighted by Crippen LogP contribution is -1.80. The molecule has 0 aromatic heterocycles. The van der Waals surface area contributed by atoms with Crippen LogP contribution in [0.25, 0.3) is 0 Å². The van der Waals surface area contributed by atoms with Gasteiger partial charge in [-0.25, -0.2) is 0 Å². The van der Waals surface area contributed by atoms with Gasteiger partial charge < -0.3 is 0 Å². The summed E-state index contributed by atoms with van der Waals surface area (Å²) < 4.78 is 0. The molecule has 0 spiro atoms. The van der Waals surface area contributed by atoms with Crippen LogP contribution in [0.4, 0.5) is 0 Å². The van der Waals surface area contributed by atoms with Crippen molar-refractivity contribution < 1.29 is 0 Å². The molecular formula is C9H5NS. The van der Waals surface area contributed by atoms with Gasteiger partial charge in [-0.05, 0) is 17.4 Å². The van der Waals surface area contributed by atoms with E-state index in [0.717, 1.165) is 5.56 Å². The Balaban J connectivity index is 3.22. The van der Waals surface area contributed by atoms with Crippen LogP contribution in [-0.4, -0.2) is 0 Å². The standard InChI is InChI=1S/C9H5NS/c10-7-9-4-2-1-3-8(9)5-6-11/h1-4,11H. The summed E-state index contributed by atoms with van der Waals surface area (Å²) in [5.41, 5.74) is 1.32. The molecule has 0 heterocycles. The van der Waals surface area contributed by atoms with Gasteiger partial charge in [-0.15, -0.1) is 0 Å². The van der Waals surface area contributed by atoms with Crippen LogP contribution in [0.1, 0.15) is 11.1 Å². The van der Waals surface area contributed by atoms with Gasteiger partial charge in [0.1, 0.15) is 6.07 Å². The number of rotatable bonds is 0. The second-order valence-electron chi connectivity index (χ2n) is 1.89. The molecule has 0 atom stereocenters. The van der Waals surface area contributed by atoms with Gasteiger partial charge >= 0.3 is 0 Å². The topological polar surface area (TPSA) is 23.8 Å². The fraction of sp³-hybridized carbons (Fsp3) is 0. The van der Waals surface area contributed by atoms with Gasteiger partial charge in [-0.1, -0.05) is 30.7 Å². The van der Waals surface area contributed by atoms with Crippen LogP contribution >= 0.6 is 12.6 Å². The van der Waals surface area contributed by atoms with Gasteiger partial charge in [-0.3, -0.25) is 0 Å². The zero-order chi connectivity index (χ0) is 8.10. The molecule has 0 amide bonds. The van der Waals surface area contributed by atoms with Crippen molar-refractivity contribution in [3.63, 3.8) is 0 Å². The maximum atomic E-state index is 8.60. The van der Waals surface area contributed by atoms with Crippen molar-refractivity contribution in [1.82, 2.24) is 0 Å². The van der Waals surface area contributed by atoms with Gasteiger partial charge in [-0.2, -0.15) is 5.26 Å². The van der Waals surface area contributed by atoms with Gasteiger partial charge in [0.05, 0.1) is 5.56 Å². The predicted octanol–water partition coefficient (Wildman–Crippen LogP) is 1.80. The summed E-state index contributed by atoms with van der Waals surface area (Å²) in [6, 6.07) is 9.22. The average Bonchev–Trinajstić information content (AvgIpc) is 2.06. The Morgan fingerprint density at radius 3 is 2.36 bits per heavy atom. The maximum absolute atomic E-state index is 8.60. The van der Waals surface area contributed by atoms with Crippen molar-refractivity contribution in [3.8, 4) is 17.2 Å². The minimum atomic E-state index is 0.592. The Hall–Kier alpha value is -1.38. The number of nitriles is 1. The van der Waals surface area contributed by atoms with Gasteiger partial charge in [0.15, 0.2) is 0 Å². The largest absolute Gasteiger partial charge is 0.192 e. The molecule has 0 radical (unpaired) electrons. The molecule has 0 aliphatic rings. The zero-order valence-corrected chi connectivity index (χ0v) is 6.60. The Labute approximate surface area is 71.1 Å². The lowest BCUT2D eigenvalue weighted by Gasteiger charge is -1.90. The summed E-state index contributed by atoms with van der Waals surface area (Å²) in [7, 11) is 0. The molecule has 1 aromatic rings. The lowest BCUT2D eigenvalue weighted by atomic mass is 10.1. The first kappa shape index (κ1) is 7.72. The lowest BCUT2D eigenvalue weighted by molar-refractivity contribution is 1.47.